The molecule has 0 atom stereocenters. The van der Waals surface area contributed by atoms with E-state index >= 15 is 0 Å². The molecule has 2 aromatic rings. The minimum atomic E-state index is 0.841. The number of aryl methyl sites for hydroxylation is 1. The highest BCUT2D eigenvalue weighted by Crippen LogP contribution is 2.30. The Labute approximate surface area is 122 Å². The Morgan fingerprint density at radius 2 is 2.06 bits per heavy atom. The lowest BCUT2D eigenvalue weighted by Gasteiger charge is -2.03. The van der Waals surface area contributed by atoms with Crippen LogP contribution in [0.4, 0.5) is 0 Å². The van der Waals surface area contributed by atoms with Gasteiger partial charge in [0.05, 0.1) is 10.1 Å². The molecule has 2 nitrogen and oxygen atoms in total. The van der Waals surface area contributed by atoms with Gasteiger partial charge in [0.25, 0.3) is 0 Å². The van der Waals surface area contributed by atoms with Crippen LogP contribution in [0.5, 0.6) is 0 Å². The predicted molar refractivity (Wildman–Crippen MR) is 84.9 cm³/mol. The molecule has 1 aromatic heterocycles. The first-order chi connectivity index (χ1) is 8.77. The van der Waals surface area contributed by atoms with Crippen LogP contribution in [0, 0.1) is 3.57 Å². The summed E-state index contributed by atoms with van der Waals surface area (Å²) in [5.41, 5.74) is 2.43. The molecule has 0 aliphatic carbocycles. The van der Waals surface area contributed by atoms with E-state index in [9.17, 15) is 0 Å². The zero-order chi connectivity index (χ0) is 13.0. The fourth-order valence-corrected chi connectivity index (χ4v) is 2.84. The lowest BCUT2D eigenvalue weighted by Crippen LogP contribution is -2.14. The van der Waals surface area contributed by atoms with E-state index in [0.29, 0.717) is 0 Å². The Kier molecular flexibility index (Phi) is 5.06. The molecule has 0 bridgehead atoms. The van der Waals surface area contributed by atoms with Crippen molar-refractivity contribution in [2.24, 2.45) is 0 Å². The summed E-state index contributed by atoms with van der Waals surface area (Å²) in [7, 11) is 0. The summed E-state index contributed by atoms with van der Waals surface area (Å²) in [6.45, 7) is 6.28. The molecule has 0 amide bonds. The van der Waals surface area contributed by atoms with Gasteiger partial charge in [0, 0.05) is 10.9 Å². The molecule has 98 valence electrons. The molecule has 0 saturated carbocycles. The van der Waals surface area contributed by atoms with Crippen molar-refractivity contribution in [3.05, 3.63) is 33.1 Å². The molecular weight excluding hydrogens is 337 g/mol. The smallest absolute Gasteiger partial charge is 0.147 e. The second-order valence-corrected chi connectivity index (χ2v) is 5.71. The van der Waals surface area contributed by atoms with Gasteiger partial charge in [0.15, 0.2) is 0 Å². The number of para-hydroxylation sites is 1. The van der Waals surface area contributed by atoms with E-state index in [-0.39, 0.29) is 0 Å². The highest BCUT2D eigenvalue weighted by Gasteiger charge is 2.14. The number of hydrogen-bond acceptors (Lipinski definition) is 2. The van der Waals surface area contributed by atoms with Crippen LogP contribution in [0.1, 0.15) is 38.0 Å². The second-order valence-electron chi connectivity index (χ2n) is 4.55. The van der Waals surface area contributed by atoms with Crippen LogP contribution in [0.3, 0.4) is 0 Å². The summed E-state index contributed by atoms with van der Waals surface area (Å²) in [5, 5.41) is 4.72. The number of hydrogen-bond donors (Lipinski definition) is 1. The van der Waals surface area contributed by atoms with Gasteiger partial charge in [0.1, 0.15) is 11.3 Å². The Morgan fingerprint density at radius 3 is 2.78 bits per heavy atom. The topological polar surface area (TPSA) is 25.2 Å². The predicted octanol–water partition coefficient (Wildman–Crippen LogP) is 4.49. The molecule has 0 radical (unpaired) electrons. The number of nitrogens with one attached hydrogen (secondary N) is 1. The molecule has 1 aromatic carbocycles. The highest BCUT2D eigenvalue weighted by molar-refractivity contribution is 14.1. The van der Waals surface area contributed by atoms with Crippen LogP contribution in [-0.4, -0.2) is 6.54 Å². The first kappa shape index (κ1) is 13.9. The van der Waals surface area contributed by atoms with Crippen LogP contribution >= 0.6 is 22.6 Å². The van der Waals surface area contributed by atoms with E-state index in [2.05, 4.69) is 60.0 Å². The van der Waals surface area contributed by atoms with Crippen LogP contribution in [-0.2, 0) is 13.0 Å². The molecule has 18 heavy (non-hydrogen) atoms. The summed E-state index contributed by atoms with van der Waals surface area (Å²) >= 11 is 2.35. The minimum Gasteiger partial charge on any atom is -0.458 e. The molecule has 0 spiro atoms. The standard InChI is InChI=1S/C15H20INO/c1-3-6-11-12-7-5-8-13(16)15(12)18-14(11)10-17-9-4-2/h5,7-8,17H,3-4,6,9-10H2,1-2H3. The Bertz CT molecular complexity index is 518. The number of furan rings is 1. The van der Waals surface area contributed by atoms with Gasteiger partial charge < -0.3 is 9.73 Å². The maximum atomic E-state index is 6.06. The number of rotatable bonds is 6. The molecule has 0 aliphatic heterocycles. The average molecular weight is 357 g/mol. The maximum absolute atomic E-state index is 6.06. The van der Waals surface area contributed by atoms with Gasteiger partial charge in [-0.05, 0) is 48.0 Å². The molecule has 3 heteroatoms. The van der Waals surface area contributed by atoms with Crippen molar-refractivity contribution in [2.45, 2.75) is 39.7 Å². The van der Waals surface area contributed by atoms with Crippen LogP contribution in [0.15, 0.2) is 22.6 Å². The van der Waals surface area contributed by atoms with Gasteiger partial charge in [-0.25, -0.2) is 0 Å². The zero-order valence-electron chi connectivity index (χ0n) is 11.1. The third-order valence-corrected chi connectivity index (χ3v) is 3.92. The van der Waals surface area contributed by atoms with Gasteiger partial charge in [-0.1, -0.05) is 32.4 Å². The van der Waals surface area contributed by atoms with E-state index in [1.54, 1.807) is 0 Å². The zero-order valence-corrected chi connectivity index (χ0v) is 13.2. The third kappa shape index (κ3) is 2.88. The molecule has 0 saturated heterocycles. The molecular formula is C15H20INO. The van der Waals surface area contributed by atoms with E-state index in [0.717, 1.165) is 43.7 Å². The van der Waals surface area contributed by atoms with Gasteiger partial charge in [-0.2, -0.15) is 0 Å². The van der Waals surface area contributed by atoms with E-state index in [1.807, 2.05) is 0 Å². The SMILES string of the molecule is CCCNCc1oc2c(I)cccc2c1CCC. The molecule has 0 unspecified atom stereocenters. The van der Waals surface area contributed by atoms with Gasteiger partial charge in [-0.15, -0.1) is 0 Å². The Hall–Kier alpha value is -0.550. The van der Waals surface area contributed by atoms with Gasteiger partial charge in [0.2, 0.25) is 0 Å². The third-order valence-electron chi connectivity index (χ3n) is 3.07. The number of benzene rings is 1. The summed E-state index contributed by atoms with van der Waals surface area (Å²) < 4.78 is 7.26. The van der Waals surface area contributed by atoms with Gasteiger partial charge in [-0.3, -0.25) is 0 Å². The summed E-state index contributed by atoms with van der Waals surface area (Å²) in [6, 6.07) is 6.39. The molecule has 1 heterocycles. The Balaban J connectivity index is 2.37. The van der Waals surface area contributed by atoms with Crippen LogP contribution in [0.2, 0.25) is 0 Å². The van der Waals surface area contributed by atoms with Crippen molar-refractivity contribution < 1.29 is 4.42 Å². The lowest BCUT2D eigenvalue weighted by atomic mass is 10.1. The summed E-state index contributed by atoms with van der Waals surface area (Å²) in [6.07, 6.45) is 3.40. The first-order valence-corrected chi connectivity index (χ1v) is 7.75. The number of fused-ring (bicyclic) bond motifs is 1. The summed E-state index contributed by atoms with van der Waals surface area (Å²) in [4.78, 5) is 0. The average Bonchev–Trinajstić information content (AvgIpc) is 2.71. The van der Waals surface area contributed by atoms with Crippen molar-refractivity contribution in [1.29, 1.82) is 0 Å². The normalized spacial score (nSPS) is 11.3. The van der Waals surface area contributed by atoms with Gasteiger partial charge >= 0.3 is 0 Å². The van der Waals surface area contributed by atoms with Crippen molar-refractivity contribution in [2.75, 3.05) is 6.54 Å². The lowest BCUT2D eigenvalue weighted by molar-refractivity contribution is 0.505. The molecule has 0 aliphatic rings. The van der Waals surface area contributed by atoms with Crippen molar-refractivity contribution in [3.8, 4) is 0 Å². The van der Waals surface area contributed by atoms with Crippen molar-refractivity contribution in [3.63, 3.8) is 0 Å². The van der Waals surface area contributed by atoms with E-state index in [4.69, 9.17) is 4.42 Å². The quantitative estimate of drug-likeness (QED) is 0.609. The second kappa shape index (κ2) is 6.57. The summed E-state index contributed by atoms with van der Waals surface area (Å²) in [5.74, 6) is 1.12. The minimum absolute atomic E-state index is 0.841. The molecule has 1 N–H and O–H groups in total. The Morgan fingerprint density at radius 1 is 1.22 bits per heavy atom. The van der Waals surface area contributed by atoms with Crippen LogP contribution in [0.25, 0.3) is 11.0 Å². The fraction of sp³-hybridized carbons (Fsp3) is 0.467. The molecule has 0 fully saturated rings. The first-order valence-electron chi connectivity index (χ1n) is 6.67. The maximum Gasteiger partial charge on any atom is 0.147 e. The monoisotopic (exact) mass is 357 g/mol. The largest absolute Gasteiger partial charge is 0.458 e. The highest BCUT2D eigenvalue weighted by atomic mass is 127. The van der Waals surface area contributed by atoms with Crippen LogP contribution < -0.4 is 5.32 Å². The van der Waals surface area contributed by atoms with Crippen molar-refractivity contribution in [1.82, 2.24) is 5.32 Å². The van der Waals surface area contributed by atoms with E-state index in [1.165, 1.54) is 14.5 Å². The molecule has 2 rings (SSSR count). The van der Waals surface area contributed by atoms with Crippen molar-refractivity contribution >= 4 is 33.6 Å². The number of halogens is 1. The van der Waals surface area contributed by atoms with E-state index < -0.39 is 0 Å². The fourth-order valence-electron chi connectivity index (χ4n) is 2.23.